The lowest BCUT2D eigenvalue weighted by Crippen LogP contribution is -2.30. The molecule has 2 aromatic rings. The maximum atomic E-state index is 13.0. The van der Waals surface area contributed by atoms with E-state index >= 15 is 0 Å². The Morgan fingerprint density at radius 1 is 1.19 bits per heavy atom. The Bertz CT molecular complexity index is 1130. The van der Waals surface area contributed by atoms with Crippen LogP contribution in [0.5, 0.6) is 0 Å². The first-order valence-electron chi connectivity index (χ1n) is 10.5. The van der Waals surface area contributed by atoms with Crippen molar-refractivity contribution >= 4 is 38.9 Å². The lowest BCUT2D eigenvalue weighted by molar-refractivity contribution is -0.121. The standard InChI is InChI=1S/C23H25ClN2O4S/c1-15(12-22(27)25-14-18-4-2-3-5-20(18)24)31(29,30)19-8-9-21-17(13-19)10-11-26(21)23(28)16-6-7-16/h2-5,8-9,13,15-16H,6-7,10-12,14H2,1H3,(H,25,27)/t15-/m1/s1. The molecule has 8 heteroatoms. The van der Waals surface area contributed by atoms with Gasteiger partial charge in [0.05, 0.1) is 10.1 Å². The van der Waals surface area contributed by atoms with Gasteiger partial charge in [0.25, 0.3) is 0 Å². The fourth-order valence-electron chi connectivity index (χ4n) is 3.85. The molecule has 1 fully saturated rings. The number of halogens is 1. The van der Waals surface area contributed by atoms with E-state index in [0.717, 1.165) is 29.7 Å². The maximum Gasteiger partial charge on any atom is 0.230 e. The third-order valence-corrected chi connectivity index (χ3v) is 8.41. The van der Waals surface area contributed by atoms with Gasteiger partial charge in [-0.3, -0.25) is 9.59 Å². The van der Waals surface area contributed by atoms with Gasteiger partial charge in [-0.15, -0.1) is 0 Å². The first-order valence-corrected chi connectivity index (χ1v) is 12.4. The van der Waals surface area contributed by atoms with Crippen LogP contribution in [0, 0.1) is 5.92 Å². The lowest BCUT2D eigenvalue weighted by atomic mass is 10.2. The summed E-state index contributed by atoms with van der Waals surface area (Å²) in [7, 11) is -3.68. The van der Waals surface area contributed by atoms with E-state index in [1.54, 1.807) is 42.2 Å². The third kappa shape index (κ3) is 4.62. The summed E-state index contributed by atoms with van der Waals surface area (Å²) in [5.41, 5.74) is 2.45. The number of hydrogen-bond acceptors (Lipinski definition) is 4. The fraction of sp³-hybridized carbons (Fsp3) is 0.391. The van der Waals surface area contributed by atoms with Crippen molar-refractivity contribution in [1.82, 2.24) is 5.32 Å². The van der Waals surface area contributed by atoms with Crippen LogP contribution in [0.4, 0.5) is 5.69 Å². The Morgan fingerprint density at radius 3 is 2.65 bits per heavy atom. The third-order valence-electron chi connectivity index (χ3n) is 5.90. The molecule has 1 N–H and O–H groups in total. The SMILES string of the molecule is C[C@H](CC(=O)NCc1ccccc1Cl)S(=O)(=O)c1ccc2c(c1)CCN2C(=O)C1CC1. The smallest absolute Gasteiger partial charge is 0.230 e. The van der Waals surface area contributed by atoms with Gasteiger partial charge in [0.1, 0.15) is 0 Å². The average Bonchev–Trinajstić information content (AvgIpc) is 3.51. The summed E-state index contributed by atoms with van der Waals surface area (Å²) in [5, 5.41) is 2.42. The van der Waals surface area contributed by atoms with Gasteiger partial charge in [0.15, 0.2) is 9.84 Å². The van der Waals surface area contributed by atoms with Gasteiger partial charge in [-0.2, -0.15) is 0 Å². The largest absolute Gasteiger partial charge is 0.352 e. The van der Waals surface area contributed by atoms with E-state index in [2.05, 4.69) is 5.32 Å². The summed E-state index contributed by atoms with van der Waals surface area (Å²) in [6.07, 6.45) is 2.38. The van der Waals surface area contributed by atoms with E-state index < -0.39 is 15.1 Å². The normalized spacial score (nSPS) is 16.6. The lowest BCUT2D eigenvalue weighted by Gasteiger charge is -2.18. The molecule has 6 nitrogen and oxygen atoms in total. The zero-order chi connectivity index (χ0) is 22.2. The number of benzene rings is 2. The van der Waals surface area contributed by atoms with Crippen molar-refractivity contribution in [2.75, 3.05) is 11.4 Å². The van der Waals surface area contributed by atoms with Gasteiger partial charge in [0.2, 0.25) is 11.8 Å². The number of carbonyl (C=O) groups is 2. The highest BCUT2D eigenvalue weighted by Crippen LogP contribution is 2.37. The van der Waals surface area contributed by atoms with Crippen LogP contribution in [0.2, 0.25) is 5.02 Å². The Hall–Kier alpha value is -2.38. The molecule has 0 unspecified atom stereocenters. The monoisotopic (exact) mass is 460 g/mol. The second-order valence-corrected chi connectivity index (χ2v) is 11.0. The maximum absolute atomic E-state index is 13.0. The Morgan fingerprint density at radius 2 is 1.94 bits per heavy atom. The summed E-state index contributed by atoms with van der Waals surface area (Å²) in [4.78, 5) is 26.7. The minimum atomic E-state index is -3.68. The number of anilines is 1. The first-order chi connectivity index (χ1) is 14.8. The molecule has 0 aromatic heterocycles. The molecule has 0 radical (unpaired) electrons. The van der Waals surface area contributed by atoms with Crippen molar-refractivity contribution in [3.05, 3.63) is 58.6 Å². The van der Waals surface area contributed by atoms with Crippen molar-refractivity contribution < 1.29 is 18.0 Å². The number of nitrogens with zero attached hydrogens (tertiary/aromatic N) is 1. The van der Waals surface area contributed by atoms with Crippen LogP contribution < -0.4 is 10.2 Å². The molecule has 1 heterocycles. The van der Waals surface area contributed by atoms with Crippen molar-refractivity contribution in [3.63, 3.8) is 0 Å². The molecule has 0 saturated heterocycles. The molecule has 31 heavy (non-hydrogen) atoms. The summed E-state index contributed by atoms with van der Waals surface area (Å²) >= 11 is 6.09. The highest BCUT2D eigenvalue weighted by atomic mass is 35.5. The van der Waals surface area contributed by atoms with E-state index in [4.69, 9.17) is 11.6 Å². The molecule has 1 atom stereocenters. The average molecular weight is 461 g/mol. The summed E-state index contributed by atoms with van der Waals surface area (Å²) in [6, 6.07) is 12.1. The van der Waals surface area contributed by atoms with Crippen molar-refractivity contribution in [2.24, 2.45) is 5.92 Å². The van der Waals surface area contributed by atoms with E-state index in [1.807, 2.05) is 12.1 Å². The molecule has 2 amide bonds. The van der Waals surface area contributed by atoms with Crippen LogP contribution in [-0.2, 0) is 32.4 Å². The van der Waals surface area contributed by atoms with Crippen LogP contribution in [0.25, 0.3) is 0 Å². The van der Waals surface area contributed by atoms with Crippen molar-refractivity contribution in [2.45, 2.75) is 49.3 Å². The quantitative estimate of drug-likeness (QED) is 0.685. The number of fused-ring (bicyclic) bond motifs is 1. The van der Waals surface area contributed by atoms with Gasteiger partial charge >= 0.3 is 0 Å². The minimum absolute atomic E-state index is 0.124. The molecule has 164 valence electrons. The van der Waals surface area contributed by atoms with Crippen LogP contribution in [0.3, 0.4) is 0 Å². The van der Waals surface area contributed by atoms with Crippen LogP contribution in [0.1, 0.15) is 37.3 Å². The van der Waals surface area contributed by atoms with Gasteiger partial charge in [0, 0.05) is 36.1 Å². The minimum Gasteiger partial charge on any atom is -0.352 e. The molecular weight excluding hydrogens is 436 g/mol. The number of sulfone groups is 1. The fourth-order valence-corrected chi connectivity index (χ4v) is 5.45. The van der Waals surface area contributed by atoms with Crippen LogP contribution >= 0.6 is 11.6 Å². The Kier molecular flexibility index (Phi) is 6.08. The van der Waals surface area contributed by atoms with E-state index in [-0.39, 0.29) is 35.6 Å². The van der Waals surface area contributed by atoms with Gasteiger partial charge in [-0.1, -0.05) is 29.8 Å². The topological polar surface area (TPSA) is 83.6 Å². The van der Waals surface area contributed by atoms with Gasteiger partial charge in [-0.05, 0) is 61.6 Å². The number of carbonyl (C=O) groups excluding carboxylic acids is 2. The predicted molar refractivity (Wildman–Crippen MR) is 120 cm³/mol. The zero-order valence-electron chi connectivity index (χ0n) is 17.3. The first kappa shape index (κ1) is 21.8. The van der Waals surface area contributed by atoms with Crippen LogP contribution in [0.15, 0.2) is 47.4 Å². The van der Waals surface area contributed by atoms with Gasteiger partial charge < -0.3 is 10.2 Å². The van der Waals surface area contributed by atoms with Crippen molar-refractivity contribution in [1.29, 1.82) is 0 Å². The Labute approximate surface area is 187 Å². The highest BCUT2D eigenvalue weighted by Gasteiger charge is 2.37. The summed E-state index contributed by atoms with van der Waals surface area (Å²) in [5.74, 6) is -0.0880. The second kappa shape index (κ2) is 8.63. The number of hydrogen-bond donors (Lipinski definition) is 1. The molecule has 0 bridgehead atoms. The molecule has 1 aliphatic carbocycles. The highest BCUT2D eigenvalue weighted by molar-refractivity contribution is 7.92. The molecule has 0 spiro atoms. The molecule has 2 aliphatic rings. The number of amides is 2. The predicted octanol–water partition coefficient (Wildman–Crippen LogP) is 3.51. The van der Waals surface area contributed by atoms with E-state index in [9.17, 15) is 18.0 Å². The number of nitrogens with one attached hydrogen (secondary N) is 1. The van der Waals surface area contributed by atoms with Crippen LogP contribution in [-0.4, -0.2) is 32.0 Å². The molecule has 1 saturated carbocycles. The summed E-state index contributed by atoms with van der Waals surface area (Å²) < 4.78 is 26.1. The molecule has 2 aromatic carbocycles. The summed E-state index contributed by atoms with van der Waals surface area (Å²) in [6.45, 7) is 2.38. The second-order valence-electron chi connectivity index (χ2n) is 8.23. The Balaban J connectivity index is 1.41. The molecule has 1 aliphatic heterocycles. The molecule has 4 rings (SSSR count). The van der Waals surface area contributed by atoms with Gasteiger partial charge in [-0.25, -0.2) is 8.42 Å². The van der Waals surface area contributed by atoms with E-state index in [1.165, 1.54) is 0 Å². The number of rotatable bonds is 7. The zero-order valence-corrected chi connectivity index (χ0v) is 18.9. The molecular formula is C23H25ClN2O4S. The van der Waals surface area contributed by atoms with E-state index in [0.29, 0.717) is 18.0 Å². The van der Waals surface area contributed by atoms with Crippen molar-refractivity contribution in [3.8, 4) is 0 Å².